The molecule has 0 unspecified atom stereocenters. The lowest BCUT2D eigenvalue weighted by molar-refractivity contribution is -0.403. The fourth-order valence-electron chi connectivity index (χ4n) is 10.3. The zero-order valence-corrected chi connectivity index (χ0v) is 43.1. The summed E-state index contributed by atoms with van der Waals surface area (Å²) in [7, 11) is 19.9. The van der Waals surface area contributed by atoms with Crippen molar-refractivity contribution in [2.75, 3.05) is 119 Å². The lowest BCUT2D eigenvalue weighted by Gasteiger charge is -2.51. The third kappa shape index (κ3) is 12.5. The zero-order chi connectivity index (χ0) is 50.8. The van der Waals surface area contributed by atoms with E-state index >= 15 is 0 Å². The summed E-state index contributed by atoms with van der Waals surface area (Å²) in [5, 5.41) is 11.6. The number of hydrogen-bond acceptors (Lipinski definition) is 25. The van der Waals surface area contributed by atoms with E-state index in [4.69, 9.17) is 114 Å². The molecule has 0 spiro atoms. The van der Waals surface area contributed by atoms with Gasteiger partial charge in [0.05, 0.1) is 38.6 Å². The summed E-state index contributed by atoms with van der Waals surface area (Å²) in [6, 6.07) is 0. The smallest absolute Gasteiger partial charge is 0.187 e. The topological polar surface area (TPSA) is 242 Å². The molecule has 6 fully saturated rings. The lowest BCUT2D eigenvalue weighted by atomic mass is 9.96. The molecule has 6 heterocycles. The monoisotopic (exact) mass is 1020 g/mol. The second-order valence-electron chi connectivity index (χ2n) is 17.7. The van der Waals surface area contributed by atoms with E-state index in [2.05, 4.69) is 0 Å². The van der Waals surface area contributed by atoms with E-state index in [-0.39, 0.29) is 26.4 Å². The van der Waals surface area contributed by atoms with Crippen LogP contribution in [0.25, 0.3) is 0 Å². The Morgan fingerprint density at radius 3 is 0.971 bits per heavy atom. The molecule has 0 bridgehead atoms. The van der Waals surface area contributed by atoms with Crippen LogP contribution < -0.4 is 0 Å². The van der Waals surface area contributed by atoms with Crippen molar-refractivity contribution < 1.29 is 119 Å². The van der Waals surface area contributed by atoms with Crippen LogP contribution >= 0.6 is 0 Å². The van der Waals surface area contributed by atoms with Crippen LogP contribution in [0, 0.1) is 0 Å². The number of rotatable bonds is 23. The van der Waals surface area contributed by atoms with Crippen LogP contribution in [-0.4, -0.2) is 284 Å². The number of hydrogen-bond donors (Lipinski definition) is 1. The first-order chi connectivity index (χ1) is 33.9. The standard InChI is InChI=1S/C45H80O25/c1-20-26(51-7)32(54-10)38(58-14)44(64-20)68-30-24(49-5)16-60-40(46)34(30)70-45-39(59-15)33(27(21(2)65-45)66-41-35(55-11)28(52-8)22(47-3)17-61-41)69-43-37(57-13)31(25(50-6)19-63-43)67-42-36(56-12)29(53-9)23(48-4)18-62-42/h20-46H,16-19H2,1-15H3/t20-,21-,22+,23+,24+,25+,26-,27-,28-,29-,30-,31-,32+,33+,34+,35+,36+,37+,38+,39+,40+,41-,42-,43-,44-,45-/m0/s1. The summed E-state index contributed by atoms with van der Waals surface area (Å²) in [6.07, 6.45) is -22.5. The molecule has 410 valence electrons. The van der Waals surface area contributed by atoms with E-state index in [1.165, 1.54) is 49.8 Å². The average molecular weight is 1020 g/mol. The summed E-state index contributed by atoms with van der Waals surface area (Å²) in [5.41, 5.74) is 0. The van der Waals surface area contributed by atoms with Gasteiger partial charge in [-0.15, -0.1) is 0 Å². The molecule has 6 saturated heterocycles. The second kappa shape index (κ2) is 27.7. The van der Waals surface area contributed by atoms with Crippen LogP contribution in [0.3, 0.4) is 0 Å². The molecule has 6 aliphatic heterocycles. The predicted molar refractivity (Wildman–Crippen MR) is 235 cm³/mol. The summed E-state index contributed by atoms with van der Waals surface area (Å²) in [5.74, 6) is 0. The molecule has 70 heavy (non-hydrogen) atoms. The van der Waals surface area contributed by atoms with Crippen molar-refractivity contribution in [1.82, 2.24) is 0 Å². The van der Waals surface area contributed by atoms with E-state index < -0.39 is 160 Å². The van der Waals surface area contributed by atoms with Gasteiger partial charge in [0, 0.05) is 92.4 Å². The van der Waals surface area contributed by atoms with Crippen molar-refractivity contribution in [3.8, 4) is 0 Å². The van der Waals surface area contributed by atoms with Crippen molar-refractivity contribution >= 4 is 0 Å². The minimum Gasteiger partial charge on any atom is -0.376 e. The maximum absolute atomic E-state index is 11.6. The molecule has 0 aromatic carbocycles. The van der Waals surface area contributed by atoms with Crippen molar-refractivity contribution in [2.24, 2.45) is 0 Å². The van der Waals surface area contributed by atoms with Gasteiger partial charge in [0.25, 0.3) is 0 Å². The third-order valence-corrected chi connectivity index (χ3v) is 14.1. The minimum atomic E-state index is -1.55. The van der Waals surface area contributed by atoms with E-state index in [9.17, 15) is 5.11 Å². The molecule has 0 aromatic rings. The van der Waals surface area contributed by atoms with Gasteiger partial charge in [0.2, 0.25) is 0 Å². The molecule has 1 N–H and O–H groups in total. The van der Waals surface area contributed by atoms with Gasteiger partial charge in [-0.25, -0.2) is 0 Å². The Hall–Kier alpha value is -1.00. The highest BCUT2D eigenvalue weighted by Crippen LogP contribution is 2.39. The predicted octanol–water partition coefficient (Wildman–Crippen LogP) is -0.985. The molecule has 0 radical (unpaired) electrons. The molecule has 25 nitrogen and oxygen atoms in total. The quantitative estimate of drug-likeness (QED) is 0.129. The summed E-state index contributed by atoms with van der Waals surface area (Å²) in [4.78, 5) is 0. The van der Waals surface area contributed by atoms with Gasteiger partial charge in [-0.05, 0) is 13.8 Å². The van der Waals surface area contributed by atoms with E-state index in [1.807, 2.05) is 6.92 Å². The van der Waals surface area contributed by atoms with Gasteiger partial charge in [0.15, 0.2) is 37.7 Å². The normalized spacial score (nSPS) is 47.3. The Balaban J connectivity index is 1.33. The largest absolute Gasteiger partial charge is 0.376 e. The zero-order valence-electron chi connectivity index (χ0n) is 43.1. The van der Waals surface area contributed by atoms with Gasteiger partial charge < -0.3 is 119 Å². The van der Waals surface area contributed by atoms with Crippen LogP contribution in [0.2, 0.25) is 0 Å². The van der Waals surface area contributed by atoms with Crippen molar-refractivity contribution in [3.05, 3.63) is 0 Å². The third-order valence-electron chi connectivity index (χ3n) is 14.1. The Bertz CT molecular complexity index is 1490. The molecular formula is C45H80O25. The Labute approximate surface area is 410 Å². The number of aliphatic hydroxyl groups excluding tert-OH is 1. The van der Waals surface area contributed by atoms with E-state index in [1.54, 1.807) is 49.6 Å². The van der Waals surface area contributed by atoms with Crippen molar-refractivity contribution in [3.63, 3.8) is 0 Å². The molecule has 25 heteroatoms. The number of methoxy groups -OCH3 is 13. The molecule has 6 rings (SSSR count). The van der Waals surface area contributed by atoms with Crippen LogP contribution in [-0.2, 0) is 114 Å². The highest BCUT2D eigenvalue weighted by atomic mass is 16.8. The molecule has 6 aliphatic rings. The fourth-order valence-corrected chi connectivity index (χ4v) is 10.3. The van der Waals surface area contributed by atoms with E-state index in [0.29, 0.717) is 0 Å². The van der Waals surface area contributed by atoms with Gasteiger partial charge in [0.1, 0.15) is 110 Å². The SMILES string of the molecule is CO[C@@H]1[C@@H](OC)[C@H](C)O[C@@H](O[C@@H]2[C@@H](O[C@@H]3O[C@@H](C)[C@H](O[C@@H]4OC[C@@H](OC)[C@H](OC)[C@H]4OC)[C@@H](O[C@@H]4OC[C@@H](OC)[C@H](O[C@@H]5OC[C@@H](OC)[C@H](OC)[C@H]5OC)[C@H]4OC)[C@H]3OC)[C@H](O)OC[C@H]2OC)[C@@H]1OC. The van der Waals surface area contributed by atoms with Gasteiger partial charge in [-0.1, -0.05) is 0 Å². The van der Waals surface area contributed by atoms with Crippen LogP contribution in [0.1, 0.15) is 13.8 Å². The number of aliphatic hydroxyl groups is 1. The fraction of sp³-hybridized carbons (Fsp3) is 1.00. The molecule has 26 atom stereocenters. The summed E-state index contributed by atoms with van der Waals surface area (Å²) in [6.45, 7) is 3.83. The van der Waals surface area contributed by atoms with Crippen LogP contribution in [0.4, 0.5) is 0 Å². The van der Waals surface area contributed by atoms with Crippen molar-refractivity contribution in [1.29, 1.82) is 0 Å². The second-order valence-corrected chi connectivity index (χ2v) is 17.7. The van der Waals surface area contributed by atoms with E-state index in [0.717, 1.165) is 0 Å². The van der Waals surface area contributed by atoms with Gasteiger partial charge in [-0.3, -0.25) is 0 Å². The van der Waals surface area contributed by atoms with Crippen molar-refractivity contribution in [2.45, 2.75) is 174 Å². The van der Waals surface area contributed by atoms with Crippen LogP contribution in [0.5, 0.6) is 0 Å². The first-order valence-corrected chi connectivity index (χ1v) is 23.5. The molecule has 0 aromatic heterocycles. The van der Waals surface area contributed by atoms with Gasteiger partial charge >= 0.3 is 0 Å². The lowest BCUT2D eigenvalue weighted by Crippen LogP contribution is -2.67. The highest BCUT2D eigenvalue weighted by Gasteiger charge is 2.57. The number of ether oxygens (including phenoxy) is 24. The molecule has 0 saturated carbocycles. The van der Waals surface area contributed by atoms with Gasteiger partial charge in [-0.2, -0.15) is 0 Å². The Morgan fingerprint density at radius 2 is 0.557 bits per heavy atom. The van der Waals surface area contributed by atoms with Crippen LogP contribution in [0.15, 0.2) is 0 Å². The maximum Gasteiger partial charge on any atom is 0.187 e. The first kappa shape index (κ1) is 58.3. The minimum absolute atomic E-state index is 0.000158. The summed E-state index contributed by atoms with van der Waals surface area (Å²) >= 11 is 0. The molecule has 0 amide bonds. The first-order valence-electron chi connectivity index (χ1n) is 23.5. The molecular weight excluding hydrogens is 940 g/mol. The summed E-state index contributed by atoms with van der Waals surface area (Å²) < 4.78 is 148. The maximum atomic E-state index is 11.6. The molecule has 0 aliphatic carbocycles. The average Bonchev–Trinajstić information content (AvgIpc) is 3.37. The highest BCUT2D eigenvalue weighted by molar-refractivity contribution is 4.99. The Morgan fingerprint density at radius 1 is 0.271 bits per heavy atom. The Kier molecular flexibility index (Phi) is 23.0.